The number of nitrogens with one attached hydrogen (secondary N) is 1. The maximum Gasteiger partial charge on any atom is 4.00 e. The van der Waals surface area contributed by atoms with Crippen LogP contribution in [0.15, 0.2) is 17.7 Å². The Labute approximate surface area is 129 Å². The van der Waals surface area contributed by atoms with Gasteiger partial charge in [0, 0.05) is 15.4 Å². The Morgan fingerprint density at radius 3 is 1.81 bits per heavy atom. The van der Waals surface area contributed by atoms with Crippen molar-refractivity contribution in [2.24, 2.45) is 0 Å². The van der Waals surface area contributed by atoms with Crippen molar-refractivity contribution < 1.29 is 51.3 Å². The van der Waals surface area contributed by atoms with Crippen molar-refractivity contribution >= 4 is 15.4 Å². The minimum atomic E-state index is -0.583. The van der Waals surface area contributed by atoms with Gasteiger partial charge in [0.05, 0.1) is 0 Å². The van der Waals surface area contributed by atoms with Crippen LogP contribution in [0.3, 0.4) is 0 Å². The molecular formula is C10H18Cl2NOSiTi. The molecule has 0 bridgehead atoms. The van der Waals surface area contributed by atoms with Crippen LogP contribution in [0.5, 0.6) is 0 Å². The van der Waals surface area contributed by atoms with Crippen LogP contribution >= 0.6 is 0 Å². The van der Waals surface area contributed by atoms with E-state index < -0.39 is 5.91 Å². The average Bonchev–Trinajstić information content (AvgIpc) is 2.39. The van der Waals surface area contributed by atoms with E-state index in [9.17, 15) is 0 Å². The van der Waals surface area contributed by atoms with E-state index in [0.29, 0.717) is 0 Å². The van der Waals surface area contributed by atoms with E-state index in [0.717, 1.165) is 15.9 Å². The maximum absolute atomic E-state index is 9.11. The molecule has 1 amide bonds. The van der Waals surface area contributed by atoms with Gasteiger partial charge in [-0.25, -0.2) is 11.6 Å². The number of amides is 1. The summed E-state index contributed by atoms with van der Waals surface area (Å²) in [5.74, 6) is -0.583. The number of halogens is 2. The first-order chi connectivity index (χ1) is 6.04. The van der Waals surface area contributed by atoms with Crippen molar-refractivity contribution in [1.29, 1.82) is 0 Å². The smallest absolute Gasteiger partial charge is 1.00 e. The molecule has 1 radical (unpaired) electrons. The molecule has 0 aliphatic heterocycles. The molecule has 0 unspecified atom stereocenters. The summed E-state index contributed by atoms with van der Waals surface area (Å²) in [5.41, 5.74) is 7.29. The minimum Gasteiger partial charge on any atom is -1.00 e. The van der Waals surface area contributed by atoms with Crippen LogP contribution in [0, 0.1) is 6.08 Å². The predicted octanol–water partition coefficient (Wildman–Crippen LogP) is -3.19. The average molecular weight is 315 g/mol. The second-order valence-corrected chi connectivity index (χ2v) is 3.79. The van der Waals surface area contributed by atoms with Crippen molar-refractivity contribution in [1.82, 2.24) is 0 Å². The Kier molecular flexibility index (Phi) is 46.1. The van der Waals surface area contributed by atoms with Gasteiger partial charge in [-0.2, -0.15) is 6.08 Å². The molecule has 1 aliphatic carbocycles. The molecule has 91 valence electrons. The van der Waals surface area contributed by atoms with Crippen LogP contribution in [-0.2, 0) is 26.5 Å². The van der Waals surface area contributed by atoms with Gasteiger partial charge < -0.3 is 35.3 Å². The summed E-state index contributed by atoms with van der Waals surface area (Å²) in [6, 6.07) is 0. The summed E-state index contributed by atoms with van der Waals surface area (Å²) in [4.78, 5) is 9.11. The zero-order valence-corrected chi connectivity index (χ0v) is 14.3. The Morgan fingerprint density at radius 1 is 1.44 bits per heavy atom. The zero-order valence-electron chi connectivity index (χ0n) is 10.1. The summed E-state index contributed by atoms with van der Waals surface area (Å²) in [6.45, 7) is 7.69. The van der Waals surface area contributed by atoms with Crippen molar-refractivity contribution in [3.63, 3.8) is 0 Å². The third-order valence-electron chi connectivity index (χ3n) is 0.872. The second-order valence-electron chi connectivity index (χ2n) is 2.63. The van der Waals surface area contributed by atoms with Crippen molar-refractivity contribution in [2.45, 2.75) is 33.4 Å². The van der Waals surface area contributed by atoms with Crippen molar-refractivity contribution in [3.05, 3.63) is 29.5 Å². The molecule has 1 rings (SSSR count). The number of carbonyl (C=O) groups is 1. The fourth-order valence-electron chi connectivity index (χ4n) is 0.499. The first-order valence-electron chi connectivity index (χ1n) is 4.24. The third kappa shape index (κ3) is 47.1. The maximum atomic E-state index is 9.11. The minimum absolute atomic E-state index is 0. The fraction of sp³-hybridized carbons (Fsp3) is 0.500. The van der Waals surface area contributed by atoms with Crippen molar-refractivity contribution in [3.8, 4) is 0 Å². The normalized spacial score (nSPS) is 9.62. The van der Waals surface area contributed by atoms with Gasteiger partial charge in [0.1, 0.15) is 0 Å². The first-order valence-corrected chi connectivity index (χ1v) is 6.55. The standard InChI is InChI=1S/C6H7.C2H5NO.C2H7Si.2ClH.Ti/c1-6-4-2-3-5-6;1-2(3)4;1-3-2;;;/h4-5H,2H2,1H3;1H3,(H2,3,4);3H,1-2H3;2*1H;/q-1;;;;;+4/p-3. The number of rotatable bonds is 0. The molecule has 1 N–H and O–H groups in total. The number of allylic oxidation sites excluding steroid dienone is 4. The third-order valence-corrected chi connectivity index (χ3v) is 0.872. The topological polar surface area (TPSA) is 40.9 Å². The molecule has 0 fully saturated rings. The predicted molar refractivity (Wildman–Crippen MR) is 60.1 cm³/mol. The van der Waals surface area contributed by atoms with Crippen LogP contribution in [0.25, 0.3) is 5.73 Å². The van der Waals surface area contributed by atoms with E-state index in [1.165, 1.54) is 12.5 Å². The summed E-state index contributed by atoms with van der Waals surface area (Å²) < 4.78 is 0. The number of carbonyl (C=O) groups excluding carboxylic acids is 1. The molecule has 2 nitrogen and oxygen atoms in total. The monoisotopic (exact) mass is 314 g/mol. The van der Waals surface area contributed by atoms with Gasteiger partial charge in [-0.05, 0) is 6.92 Å². The van der Waals surface area contributed by atoms with Crippen LogP contribution in [0.4, 0.5) is 0 Å². The molecule has 0 heterocycles. The molecule has 0 spiro atoms. The first kappa shape index (κ1) is 30.0. The molecular weight excluding hydrogens is 297 g/mol. The SMILES string of the molecule is CC([NH-])=O.CC1=CC[C-]=C1.C[SiH]C.[Cl-].[Cl-].[Ti+4]. The van der Waals surface area contributed by atoms with Gasteiger partial charge in [0.25, 0.3) is 0 Å². The van der Waals surface area contributed by atoms with Crippen LogP contribution < -0.4 is 24.8 Å². The van der Waals surface area contributed by atoms with E-state index in [1.807, 2.05) is 6.08 Å². The van der Waals surface area contributed by atoms with Gasteiger partial charge in [-0.1, -0.05) is 13.1 Å². The van der Waals surface area contributed by atoms with E-state index >= 15 is 0 Å². The molecule has 0 aromatic heterocycles. The van der Waals surface area contributed by atoms with Crippen LogP contribution in [0.2, 0.25) is 13.1 Å². The molecule has 0 saturated carbocycles. The molecule has 0 atom stereocenters. The largest absolute Gasteiger partial charge is 4.00 e. The molecule has 16 heavy (non-hydrogen) atoms. The number of hydrogen-bond donors (Lipinski definition) is 0. The molecule has 0 aromatic carbocycles. The quantitative estimate of drug-likeness (QED) is 0.343. The van der Waals surface area contributed by atoms with E-state index in [4.69, 9.17) is 10.5 Å². The summed E-state index contributed by atoms with van der Waals surface area (Å²) >= 11 is 0. The number of hydrogen-bond acceptors (Lipinski definition) is 1. The summed E-state index contributed by atoms with van der Waals surface area (Å²) in [5, 5.41) is 0. The van der Waals surface area contributed by atoms with Gasteiger partial charge in [0.2, 0.25) is 0 Å². The molecule has 0 saturated heterocycles. The molecule has 1 aliphatic rings. The zero-order chi connectivity index (χ0) is 10.7. The van der Waals surface area contributed by atoms with Gasteiger partial charge >= 0.3 is 21.7 Å². The molecule has 0 aromatic rings. The fourth-order valence-corrected chi connectivity index (χ4v) is 0.499. The second kappa shape index (κ2) is 24.6. The van der Waals surface area contributed by atoms with Crippen LogP contribution in [-0.4, -0.2) is 15.4 Å². The Bertz CT molecular complexity index is 193. The Balaban J connectivity index is -0.0000000368. The van der Waals surface area contributed by atoms with Crippen molar-refractivity contribution in [2.75, 3.05) is 0 Å². The summed E-state index contributed by atoms with van der Waals surface area (Å²) in [7, 11) is 0.750. The van der Waals surface area contributed by atoms with Gasteiger partial charge in [-0.3, -0.25) is 6.08 Å². The van der Waals surface area contributed by atoms with E-state index in [-0.39, 0.29) is 46.5 Å². The summed E-state index contributed by atoms with van der Waals surface area (Å²) in [6.07, 6.45) is 8.24. The van der Waals surface area contributed by atoms with Gasteiger partial charge in [-0.15, -0.1) is 13.3 Å². The Morgan fingerprint density at radius 2 is 1.75 bits per heavy atom. The van der Waals surface area contributed by atoms with Crippen LogP contribution in [0.1, 0.15) is 20.3 Å². The molecule has 6 heteroatoms. The van der Waals surface area contributed by atoms with E-state index in [2.05, 4.69) is 32.2 Å². The van der Waals surface area contributed by atoms with Gasteiger partial charge in [0.15, 0.2) is 0 Å². The Hall–Kier alpha value is 0.461. The van der Waals surface area contributed by atoms with E-state index in [1.54, 1.807) is 0 Å².